The van der Waals surface area contributed by atoms with Crippen LogP contribution < -0.4 is 0 Å². The van der Waals surface area contributed by atoms with Gasteiger partial charge in [-0.15, -0.1) is 4.89 Å². The SMILES string of the molecule is O=[P+](O)O[C@H]1O[C@H](CO)[C@@H](O)[C@H](O)[C@H]1O. The van der Waals surface area contributed by atoms with Crippen LogP contribution in [0.2, 0.25) is 0 Å². The number of rotatable bonds is 3. The first-order chi connectivity index (χ1) is 6.97. The Kier molecular flexibility index (Phi) is 4.50. The molecule has 0 aliphatic carbocycles. The van der Waals surface area contributed by atoms with Crippen molar-refractivity contribution >= 4 is 8.25 Å². The van der Waals surface area contributed by atoms with Crippen molar-refractivity contribution in [2.45, 2.75) is 30.7 Å². The van der Waals surface area contributed by atoms with Crippen LogP contribution in [0.5, 0.6) is 0 Å². The normalized spacial score (nSPS) is 42.7. The van der Waals surface area contributed by atoms with Gasteiger partial charge >= 0.3 is 8.25 Å². The summed E-state index contributed by atoms with van der Waals surface area (Å²) < 4.78 is 19.4. The van der Waals surface area contributed by atoms with Crippen molar-refractivity contribution in [3.8, 4) is 0 Å². The van der Waals surface area contributed by atoms with Gasteiger partial charge in [-0.3, -0.25) is 0 Å². The van der Waals surface area contributed by atoms with Crippen LogP contribution in [0.1, 0.15) is 0 Å². The molecule has 1 saturated heterocycles. The first-order valence-corrected chi connectivity index (χ1v) is 5.23. The van der Waals surface area contributed by atoms with Crippen molar-refractivity contribution in [2.24, 2.45) is 0 Å². The summed E-state index contributed by atoms with van der Waals surface area (Å²) in [5.41, 5.74) is 0. The minimum atomic E-state index is -3.02. The maximum atomic E-state index is 10.3. The zero-order chi connectivity index (χ0) is 11.6. The van der Waals surface area contributed by atoms with Gasteiger partial charge in [-0.25, -0.2) is 0 Å². The molecule has 0 aromatic carbocycles. The van der Waals surface area contributed by atoms with E-state index in [4.69, 9.17) is 14.7 Å². The Morgan fingerprint density at radius 2 is 1.80 bits per heavy atom. The second-order valence-corrected chi connectivity index (χ2v) is 3.73. The maximum Gasteiger partial charge on any atom is 0.697 e. The van der Waals surface area contributed by atoms with Gasteiger partial charge in [-0.2, -0.15) is 0 Å². The molecule has 1 aliphatic heterocycles. The molecule has 1 aliphatic rings. The highest BCUT2D eigenvalue weighted by atomic mass is 31.1. The first kappa shape index (κ1) is 12.9. The third-order valence-electron chi connectivity index (χ3n) is 2.04. The fourth-order valence-corrected chi connectivity index (χ4v) is 1.60. The largest absolute Gasteiger partial charge is 0.697 e. The lowest BCUT2D eigenvalue weighted by atomic mass is 10.00. The smallest absolute Gasteiger partial charge is 0.394 e. The summed E-state index contributed by atoms with van der Waals surface area (Å²) in [7, 11) is -3.02. The van der Waals surface area contributed by atoms with Gasteiger partial charge in [0.15, 0.2) is 0 Å². The standard InChI is InChI=1S/C6H11O8P/c7-1-2-3(8)4(9)5(10)6(13-2)14-15(11)12/h2-10H,1H2/p+1/t2-,3-,4+,5-,6-/m1/s1. The van der Waals surface area contributed by atoms with E-state index in [1.165, 1.54) is 0 Å². The van der Waals surface area contributed by atoms with Crippen LogP contribution in [0.3, 0.4) is 0 Å². The molecule has 1 rings (SSSR count). The highest BCUT2D eigenvalue weighted by Gasteiger charge is 2.47. The number of hydrogen-bond acceptors (Lipinski definition) is 7. The fourth-order valence-electron chi connectivity index (χ4n) is 1.24. The number of aliphatic hydroxyl groups excluding tert-OH is 4. The lowest BCUT2D eigenvalue weighted by molar-refractivity contribution is -0.277. The number of ether oxygens (including phenoxy) is 1. The van der Waals surface area contributed by atoms with Gasteiger partial charge in [0.05, 0.1) is 6.61 Å². The maximum absolute atomic E-state index is 10.3. The van der Waals surface area contributed by atoms with Gasteiger partial charge in [0.2, 0.25) is 6.29 Å². The Morgan fingerprint density at radius 1 is 1.20 bits per heavy atom. The van der Waals surface area contributed by atoms with Crippen molar-refractivity contribution in [1.82, 2.24) is 0 Å². The molecule has 5 N–H and O–H groups in total. The Labute approximate surface area is 85.6 Å². The first-order valence-electron chi connectivity index (χ1n) is 4.10. The fraction of sp³-hybridized carbons (Fsp3) is 1.00. The van der Waals surface area contributed by atoms with Crippen molar-refractivity contribution in [3.63, 3.8) is 0 Å². The predicted octanol–water partition coefficient (Wildman–Crippen LogP) is -2.55. The topological polar surface area (TPSA) is 137 Å². The van der Waals surface area contributed by atoms with Gasteiger partial charge in [0.25, 0.3) is 0 Å². The average Bonchev–Trinajstić information content (AvgIpc) is 2.18. The molecule has 0 radical (unpaired) electrons. The third-order valence-corrected chi connectivity index (χ3v) is 2.43. The van der Waals surface area contributed by atoms with Crippen LogP contribution in [0, 0.1) is 0 Å². The van der Waals surface area contributed by atoms with Gasteiger partial charge < -0.3 is 25.2 Å². The summed E-state index contributed by atoms with van der Waals surface area (Å²) in [5, 5.41) is 36.6. The van der Waals surface area contributed by atoms with E-state index in [-0.39, 0.29) is 0 Å². The second-order valence-electron chi connectivity index (χ2n) is 3.04. The molecular formula is C6H12O8P+. The molecule has 8 nitrogen and oxygen atoms in total. The second kappa shape index (κ2) is 5.24. The van der Waals surface area contributed by atoms with Crippen LogP contribution in [0.4, 0.5) is 0 Å². The van der Waals surface area contributed by atoms with Gasteiger partial charge in [0, 0.05) is 4.57 Å². The summed E-state index contributed by atoms with van der Waals surface area (Å²) in [4.78, 5) is 8.42. The molecule has 1 unspecified atom stereocenters. The quantitative estimate of drug-likeness (QED) is 0.342. The van der Waals surface area contributed by atoms with Crippen LogP contribution in [0.15, 0.2) is 0 Å². The van der Waals surface area contributed by atoms with Crippen molar-refractivity contribution < 1.29 is 39.1 Å². The Morgan fingerprint density at radius 3 is 2.27 bits per heavy atom. The monoisotopic (exact) mass is 243 g/mol. The van der Waals surface area contributed by atoms with Gasteiger partial charge in [0.1, 0.15) is 24.4 Å². The zero-order valence-corrected chi connectivity index (χ0v) is 8.40. The molecule has 15 heavy (non-hydrogen) atoms. The van der Waals surface area contributed by atoms with Crippen LogP contribution in [-0.2, 0) is 13.8 Å². The van der Waals surface area contributed by atoms with E-state index in [2.05, 4.69) is 4.52 Å². The molecule has 1 heterocycles. The van der Waals surface area contributed by atoms with E-state index in [0.29, 0.717) is 0 Å². The molecule has 6 atom stereocenters. The molecule has 1 fully saturated rings. The number of aliphatic hydroxyl groups is 4. The Hall–Kier alpha value is -0.180. The Balaban J connectivity index is 2.69. The van der Waals surface area contributed by atoms with E-state index in [0.717, 1.165) is 0 Å². The molecule has 0 amide bonds. The summed E-state index contributed by atoms with van der Waals surface area (Å²) in [6.07, 6.45) is -7.50. The molecule has 0 bridgehead atoms. The van der Waals surface area contributed by atoms with Crippen molar-refractivity contribution in [3.05, 3.63) is 0 Å². The van der Waals surface area contributed by atoms with E-state index in [9.17, 15) is 19.9 Å². The van der Waals surface area contributed by atoms with Crippen molar-refractivity contribution in [1.29, 1.82) is 0 Å². The van der Waals surface area contributed by atoms with Crippen LogP contribution >= 0.6 is 8.25 Å². The van der Waals surface area contributed by atoms with Gasteiger partial charge in [-0.1, -0.05) is 4.52 Å². The van der Waals surface area contributed by atoms with Crippen LogP contribution in [0.25, 0.3) is 0 Å². The molecular weight excluding hydrogens is 231 g/mol. The molecule has 0 spiro atoms. The Bertz CT molecular complexity index is 233. The lowest BCUT2D eigenvalue weighted by Crippen LogP contribution is -2.58. The van der Waals surface area contributed by atoms with Crippen LogP contribution in [-0.4, -0.2) is 62.6 Å². The predicted molar refractivity (Wildman–Crippen MR) is 44.7 cm³/mol. The van der Waals surface area contributed by atoms with Gasteiger partial charge in [-0.05, 0) is 0 Å². The number of hydrogen-bond donors (Lipinski definition) is 5. The minimum Gasteiger partial charge on any atom is -0.394 e. The lowest BCUT2D eigenvalue weighted by Gasteiger charge is -2.36. The van der Waals surface area contributed by atoms with E-state index < -0.39 is 45.6 Å². The highest BCUT2D eigenvalue weighted by Crippen LogP contribution is 2.28. The summed E-state index contributed by atoms with van der Waals surface area (Å²) in [6, 6.07) is 0. The van der Waals surface area contributed by atoms with E-state index >= 15 is 0 Å². The van der Waals surface area contributed by atoms with E-state index in [1.807, 2.05) is 0 Å². The molecule has 88 valence electrons. The minimum absolute atomic E-state index is 0.618. The summed E-state index contributed by atoms with van der Waals surface area (Å²) >= 11 is 0. The molecule has 0 saturated carbocycles. The molecule has 9 heteroatoms. The van der Waals surface area contributed by atoms with E-state index in [1.54, 1.807) is 0 Å². The third kappa shape index (κ3) is 2.90. The zero-order valence-electron chi connectivity index (χ0n) is 7.50. The molecule has 0 aromatic rings. The molecule has 0 aromatic heterocycles. The van der Waals surface area contributed by atoms with Crippen molar-refractivity contribution in [2.75, 3.05) is 6.61 Å². The summed E-state index contributed by atoms with van der Waals surface area (Å²) in [6.45, 7) is -0.618. The summed E-state index contributed by atoms with van der Waals surface area (Å²) in [5.74, 6) is 0. The highest BCUT2D eigenvalue weighted by molar-refractivity contribution is 7.32. The average molecular weight is 243 g/mol.